The van der Waals surface area contributed by atoms with Crippen molar-refractivity contribution in [2.45, 2.75) is 0 Å². The van der Waals surface area contributed by atoms with Gasteiger partial charge in [0.15, 0.2) is 0 Å². The van der Waals surface area contributed by atoms with Crippen molar-refractivity contribution in [2.24, 2.45) is 5.73 Å². The van der Waals surface area contributed by atoms with Gasteiger partial charge in [0.05, 0.1) is 0 Å². The van der Waals surface area contributed by atoms with E-state index >= 15 is 0 Å². The fourth-order valence-electron chi connectivity index (χ4n) is 0.877. The largest absolute Gasteiger partial charge is 0.351 e. The smallest absolute Gasteiger partial charge is 0.251 e. The molecule has 0 saturated heterocycles. The lowest BCUT2D eigenvalue weighted by atomic mass is 10.2. The van der Waals surface area contributed by atoms with Crippen LogP contribution in [0.3, 0.4) is 0 Å². The maximum atomic E-state index is 11.2. The van der Waals surface area contributed by atoms with E-state index in [4.69, 9.17) is 5.73 Å². The van der Waals surface area contributed by atoms with Gasteiger partial charge < -0.3 is 11.1 Å². The van der Waals surface area contributed by atoms with Crippen LogP contribution in [0.4, 0.5) is 0 Å². The third-order valence-electron chi connectivity index (χ3n) is 1.47. The van der Waals surface area contributed by atoms with Crippen LogP contribution in [-0.2, 0) is 0 Å². The summed E-state index contributed by atoms with van der Waals surface area (Å²) in [5.41, 5.74) is 5.91. The Balaban J connectivity index is 0. The Morgan fingerprint density at radius 2 is 1.79 bits per heavy atom. The lowest BCUT2D eigenvalue weighted by Crippen LogP contribution is -2.28. The summed E-state index contributed by atoms with van der Waals surface area (Å²) in [6.45, 7) is 0.992. The SMILES string of the molecule is Cl.Cl.NCCNC(=O)c1ccccc1. The average molecular weight is 237 g/mol. The molecule has 1 aromatic carbocycles. The summed E-state index contributed by atoms with van der Waals surface area (Å²) in [5.74, 6) is -0.0685. The number of nitrogens with two attached hydrogens (primary N) is 1. The van der Waals surface area contributed by atoms with Crippen molar-refractivity contribution >= 4 is 30.7 Å². The van der Waals surface area contributed by atoms with Crippen LogP contribution in [0.5, 0.6) is 0 Å². The van der Waals surface area contributed by atoms with Crippen LogP contribution >= 0.6 is 24.8 Å². The number of rotatable bonds is 3. The minimum atomic E-state index is -0.0685. The Bertz CT molecular complexity index is 254. The summed E-state index contributed by atoms with van der Waals surface area (Å²) < 4.78 is 0. The maximum Gasteiger partial charge on any atom is 0.251 e. The maximum absolute atomic E-state index is 11.2. The molecular weight excluding hydrogens is 223 g/mol. The first-order valence-electron chi connectivity index (χ1n) is 3.88. The van der Waals surface area contributed by atoms with Gasteiger partial charge in [0.1, 0.15) is 0 Å². The highest BCUT2D eigenvalue weighted by Gasteiger charge is 2.00. The summed E-state index contributed by atoms with van der Waals surface area (Å²) in [6, 6.07) is 9.08. The van der Waals surface area contributed by atoms with Gasteiger partial charge in [-0.2, -0.15) is 0 Å². The molecule has 0 aromatic heterocycles. The normalized spacial score (nSPS) is 8.07. The molecule has 0 aliphatic heterocycles. The van der Waals surface area contributed by atoms with Crippen LogP contribution in [0, 0.1) is 0 Å². The summed E-state index contributed by atoms with van der Waals surface area (Å²) in [6.07, 6.45) is 0. The number of halogens is 2. The minimum Gasteiger partial charge on any atom is -0.351 e. The van der Waals surface area contributed by atoms with Gasteiger partial charge in [-0.25, -0.2) is 0 Å². The number of nitrogens with one attached hydrogen (secondary N) is 1. The van der Waals surface area contributed by atoms with Crippen LogP contribution in [0.25, 0.3) is 0 Å². The molecule has 1 amide bonds. The predicted octanol–water partition coefficient (Wildman–Crippen LogP) is 1.22. The molecule has 0 unspecified atom stereocenters. The van der Waals surface area contributed by atoms with Crippen molar-refractivity contribution in [1.29, 1.82) is 0 Å². The molecule has 0 bridgehead atoms. The molecule has 1 aromatic rings. The van der Waals surface area contributed by atoms with Gasteiger partial charge in [0.2, 0.25) is 0 Å². The topological polar surface area (TPSA) is 55.1 Å². The molecule has 3 nitrogen and oxygen atoms in total. The van der Waals surface area contributed by atoms with Gasteiger partial charge in [0.25, 0.3) is 5.91 Å². The van der Waals surface area contributed by atoms with Crippen molar-refractivity contribution < 1.29 is 4.79 Å². The van der Waals surface area contributed by atoms with Crippen LogP contribution in [0.15, 0.2) is 30.3 Å². The van der Waals surface area contributed by atoms with Crippen molar-refractivity contribution in [2.75, 3.05) is 13.1 Å². The van der Waals surface area contributed by atoms with E-state index in [1.165, 1.54) is 0 Å². The van der Waals surface area contributed by atoms with E-state index in [9.17, 15) is 4.79 Å². The number of amides is 1. The van der Waals surface area contributed by atoms with Crippen molar-refractivity contribution in [3.05, 3.63) is 35.9 Å². The second-order valence-electron chi connectivity index (χ2n) is 2.41. The molecule has 0 heterocycles. The van der Waals surface area contributed by atoms with Crippen molar-refractivity contribution in [3.63, 3.8) is 0 Å². The van der Waals surface area contributed by atoms with Gasteiger partial charge in [-0.05, 0) is 12.1 Å². The third-order valence-corrected chi connectivity index (χ3v) is 1.47. The van der Waals surface area contributed by atoms with Gasteiger partial charge in [-0.3, -0.25) is 4.79 Å². The van der Waals surface area contributed by atoms with E-state index < -0.39 is 0 Å². The summed E-state index contributed by atoms with van der Waals surface area (Å²) in [7, 11) is 0. The number of hydrogen-bond donors (Lipinski definition) is 2. The Labute approximate surface area is 95.9 Å². The Kier molecular flexibility index (Phi) is 9.88. The number of carbonyl (C=O) groups is 1. The third kappa shape index (κ3) is 5.07. The second-order valence-corrected chi connectivity index (χ2v) is 2.41. The molecule has 0 atom stereocenters. The zero-order valence-corrected chi connectivity index (χ0v) is 9.24. The van der Waals surface area contributed by atoms with E-state index in [0.717, 1.165) is 0 Å². The molecular formula is C9H14Cl2N2O. The van der Waals surface area contributed by atoms with Gasteiger partial charge >= 0.3 is 0 Å². The van der Waals surface area contributed by atoms with E-state index in [1.54, 1.807) is 12.1 Å². The standard InChI is InChI=1S/C9H12N2O.2ClH/c10-6-7-11-9(12)8-4-2-1-3-5-8;;/h1-5H,6-7,10H2,(H,11,12);2*1H. The van der Waals surface area contributed by atoms with E-state index in [1.807, 2.05) is 18.2 Å². The van der Waals surface area contributed by atoms with Gasteiger partial charge in [-0.15, -0.1) is 24.8 Å². The number of benzene rings is 1. The fourth-order valence-corrected chi connectivity index (χ4v) is 0.877. The molecule has 5 heteroatoms. The predicted molar refractivity (Wildman–Crippen MR) is 62.3 cm³/mol. The summed E-state index contributed by atoms with van der Waals surface area (Å²) in [5, 5.41) is 2.68. The zero-order chi connectivity index (χ0) is 8.81. The van der Waals surface area contributed by atoms with E-state index in [2.05, 4.69) is 5.32 Å². The minimum absolute atomic E-state index is 0. The van der Waals surface area contributed by atoms with Crippen LogP contribution < -0.4 is 11.1 Å². The molecule has 14 heavy (non-hydrogen) atoms. The molecule has 0 aliphatic rings. The zero-order valence-electron chi connectivity index (χ0n) is 7.60. The first-order chi connectivity index (χ1) is 5.84. The van der Waals surface area contributed by atoms with Crippen LogP contribution in [0.2, 0.25) is 0 Å². The highest BCUT2D eigenvalue weighted by atomic mass is 35.5. The average Bonchev–Trinajstić information content (AvgIpc) is 2.15. The lowest BCUT2D eigenvalue weighted by Gasteiger charge is -2.01. The highest BCUT2D eigenvalue weighted by Crippen LogP contribution is 1.96. The van der Waals surface area contributed by atoms with E-state index in [0.29, 0.717) is 18.7 Å². The van der Waals surface area contributed by atoms with Crippen LogP contribution in [0.1, 0.15) is 10.4 Å². The molecule has 3 N–H and O–H groups in total. The molecule has 0 saturated carbocycles. The molecule has 0 spiro atoms. The van der Waals surface area contributed by atoms with Gasteiger partial charge in [-0.1, -0.05) is 18.2 Å². The Hall–Kier alpha value is -0.770. The lowest BCUT2D eigenvalue weighted by molar-refractivity contribution is 0.0955. The highest BCUT2D eigenvalue weighted by molar-refractivity contribution is 5.94. The van der Waals surface area contributed by atoms with Crippen LogP contribution in [-0.4, -0.2) is 19.0 Å². The Morgan fingerprint density at radius 3 is 2.29 bits per heavy atom. The van der Waals surface area contributed by atoms with Crippen molar-refractivity contribution in [3.8, 4) is 0 Å². The quantitative estimate of drug-likeness (QED) is 0.830. The van der Waals surface area contributed by atoms with Crippen molar-refractivity contribution in [1.82, 2.24) is 5.32 Å². The second kappa shape index (κ2) is 8.81. The molecule has 0 radical (unpaired) electrons. The van der Waals surface area contributed by atoms with E-state index in [-0.39, 0.29) is 30.7 Å². The molecule has 0 fully saturated rings. The monoisotopic (exact) mass is 236 g/mol. The summed E-state index contributed by atoms with van der Waals surface area (Å²) in [4.78, 5) is 11.2. The summed E-state index contributed by atoms with van der Waals surface area (Å²) >= 11 is 0. The fraction of sp³-hybridized carbons (Fsp3) is 0.222. The number of carbonyl (C=O) groups excluding carboxylic acids is 1. The molecule has 1 rings (SSSR count). The molecule has 80 valence electrons. The first kappa shape index (κ1) is 15.7. The number of hydrogen-bond acceptors (Lipinski definition) is 2. The Morgan fingerprint density at radius 1 is 1.21 bits per heavy atom. The van der Waals surface area contributed by atoms with Gasteiger partial charge in [0, 0.05) is 18.7 Å². The molecule has 0 aliphatic carbocycles. The first-order valence-corrected chi connectivity index (χ1v) is 3.88.